The summed E-state index contributed by atoms with van der Waals surface area (Å²) in [6.07, 6.45) is 4.07. The van der Waals surface area contributed by atoms with Crippen LogP contribution in [0.3, 0.4) is 0 Å². The van der Waals surface area contributed by atoms with Crippen LogP contribution < -0.4 is 20.6 Å². The highest BCUT2D eigenvalue weighted by atomic mass is 16.7. The molecule has 0 amide bonds. The van der Waals surface area contributed by atoms with Gasteiger partial charge in [-0.3, -0.25) is 9.90 Å². The molecule has 0 aliphatic carbocycles. The molecule has 0 radical (unpaired) electrons. The van der Waals surface area contributed by atoms with E-state index in [1.54, 1.807) is 7.11 Å². The maximum atomic E-state index is 5.89. The molecule has 0 saturated carbocycles. The van der Waals surface area contributed by atoms with Crippen LogP contribution in [0, 0.1) is 0 Å². The molecular formula is C23H23N3O2. The second kappa shape index (κ2) is 8.59. The van der Waals surface area contributed by atoms with Crippen molar-refractivity contribution in [3.05, 3.63) is 88.4 Å². The van der Waals surface area contributed by atoms with Crippen molar-refractivity contribution in [2.24, 2.45) is 0 Å². The fraction of sp³-hybridized carbons (Fsp3) is 0.174. The maximum Gasteiger partial charge on any atom is 0.126 e. The minimum Gasteiger partial charge on any atom is -0.496 e. The summed E-state index contributed by atoms with van der Waals surface area (Å²) in [5.74, 6) is 1.69. The molecule has 5 nitrogen and oxygen atoms in total. The molecule has 0 spiro atoms. The average Bonchev–Trinajstić information content (AvgIpc) is 2.77. The van der Waals surface area contributed by atoms with Crippen molar-refractivity contribution in [3.63, 3.8) is 0 Å². The van der Waals surface area contributed by atoms with Crippen molar-refractivity contribution in [3.8, 4) is 5.75 Å². The van der Waals surface area contributed by atoms with Crippen molar-refractivity contribution in [2.45, 2.75) is 13.2 Å². The largest absolute Gasteiger partial charge is 0.496 e. The predicted octanol–water partition coefficient (Wildman–Crippen LogP) is 2.67. The van der Waals surface area contributed by atoms with Gasteiger partial charge in [0.15, 0.2) is 0 Å². The van der Waals surface area contributed by atoms with Crippen molar-refractivity contribution in [1.29, 1.82) is 0 Å². The number of anilines is 1. The normalized spacial score (nSPS) is 12.5. The number of ether oxygens (including phenoxy) is 1. The van der Waals surface area contributed by atoms with Gasteiger partial charge in [0.05, 0.1) is 31.8 Å². The highest BCUT2D eigenvalue weighted by Gasteiger charge is 2.07. The van der Waals surface area contributed by atoms with Gasteiger partial charge in [0.25, 0.3) is 0 Å². The van der Waals surface area contributed by atoms with E-state index in [1.165, 1.54) is 0 Å². The first-order valence-electron chi connectivity index (χ1n) is 9.30. The Bertz CT molecular complexity index is 1050. The van der Waals surface area contributed by atoms with Gasteiger partial charge < -0.3 is 10.1 Å². The molecule has 2 aromatic carbocycles. The Kier molecular flexibility index (Phi) is 5.54. The second-order valence-corrected chi connectivity index (χ2v) is 6.53. The number of hydrogen-bond donors (Lipinski definition) is 1. The first kappa shape index (κ1) is 18.1. The monoisotopic (exact) mass is 373 g/mol. The smallest absolute Gasteiger partial charge is 0.126 e. The summed E-state index contributed by atoms with van der Waals surface area (Å²) in [7, 11) is 1.69. The number of para-hydroxylation sites is 1. The summed E-state index contributed by atoms with van der Waals surface area (Å²) < 4.78 is 5.41. The highest BCUT2D eigenvalue weighted by Crippen LogP contribution is 2.18. The first-order valence-corrected chi connectivity index (χ1v) is 9.30. The zero-order valence-electron chi connectivity index (χ0n) is 15.8. The molecule has 4 rings (SSSR count). The lowest BCUT2D eigenvalue weighted by molar-refractivity contribution is -0.106. The van der Waals surface area contributed by atoms with E-state index in [0.29, 0.717) is 19.7 Å². The van der Waals surface area contributed by atoms with Crippen molar-refractivity contribution >= 4 is 18.1 Å². The first-order chi connectivity index (χ1) is 13.8. The zero-order chi connectivity index (χ0) is 19.2. The summed E-state index contributed by atoms with van der Waals surface area (Å²) in [4.78, 5) is 10.6. The number of nitrogens with zero attached hydrogens (tertiary/aromatic N) is 2. The number of nitrogens with one attached hydrogen (secondary N) is 1. The summed E-state index contributed by atoms with van der Waals surface area (Å²) in [6, 6.07) is 22.2. The van der Waals surface area contributed by atoms with Gasteiger partial charge >= 0.3 is 0 Å². The fourth-order valence-corrected chi connectivity index (χ4v) is 3.09. The molecular weight excluding hydrogens is 350 g/mol. The Morgan fingerprint density at radius 1 is 1.00 bits per heavy atom. The molecule has 0 atom stereocenters. The number of hydroxylamine groups is 2. The topological polar surface area (TPSA) is 46.6 Å². The summed E-state index contributed by atoms with van der Waals surface area (Å²) in [6.45, 7) is 1.88. The Hall–Kier alpha value is -3.31. The molecule has 0 bridgehead atoms. The Balaban J connectivity index is 1.45. The number of fused-ring (bicyclic) bond motifs is 1. The van der Waals surface area contributed by atoms with Gasteiger partial charge in [-0.25, -0.2) is 4.98 Å². The van der Waals surface area contributed by atoms with Gasteiger partial charge in [0.1, 0.15) is 11.6 Å². The minimum atomic E-state index is 0.534. The van der Waals surface area contributed by atoms with Gasteiger partial charge in [0, 0.05) is 12.1 Å². The second-order valence-electron chi connectivity index (χ2n) is 6.53. The van der Waals surface area contributed by atoms with E-state index in [1.807, 2.05) is 59.8 Å². The Morgan fingerprint density at radius 3 is 2.68 bits per heavy atom. The number of hydrogen-bond acceptors (Lipinski definition) is 5. The Morgan fingerprint density at radius 2 is 1.82 bits per heavy atom. The van der Waals surface area contributed by atoms with Crippen molar-refractivity contribution < 1.29 is 9.57 Å². The van der Waals surface area contributed by atoms with Crippen molar-refractivity contribution in [1.82, 2.24) is 10.0 Å². The molecule has 142 valence electrons. The third-order valence-electron chi connectivity index (χ3n) is 4.61. The summed E-state index contributed by atoms with van der Waals surface area (Å²) in [5.41, 5.74) is 2.23. The van der Waals surface area contributed by atoms with Crippen LogP contribution in [0.5, 0.6) is 5.75 Å². The minimum absolute atomic E-state index is 0.534. The zero-order valence-corrected chi connectivity index (χ0v) is 15.8. The molecule has 28 heavy (non-hydrogen) atoms. The van der Waals surface area contributed by atoms with E-state index in [0.717, 1.165) is 33.3 Å². The highest BCUT2D eigenvalue weighted by molar-refractivity contribution is 5.43. The molecule has 3 aromatic rings. The van der Waals surface area contributed by atoms with Gasteiger partial charge in [-0.15, -0.1) is 0 Å². The molecule has 2 heterocycles. The molecule has 1 aliphatic heterocycles. The molecule has 1 N–H and O–H groups in total. The third-order valence-corrected chi connectivity index (χ3v) is 4.61. The molecule has 0 saturated heterocycles. The number of benzene rings is 2. The predicted molar refractivity (Wildman–Crippen MR) is 111 cm³/mol. The maximum absolute atomic E-state index is 5.89. The van der Waals surface area contributed by atoms with E-state index >= 15 is 0 Å². The number of pyridine rings is 1. The van der Waals surface area contributed by atoms with Crippen LogP contribution in [0.25, 0.3) is 12.3 Å². The third kappa shape index (κ3) is 4.32. The number of methoxy groups -OCH3 is 1. The van der Waals surface area contributed by atoms with Gasteiger partial charge in [-0.1, -0.05) is 54.6 Å². The van der Waals surface area contributed by atoms with Crippen LogP contribution in [0.4, 0.5) is 5.82 Å². The van der Waals surface area contributed by atoms with Crippen LogP contribution in [-0.4, -0.2) is 23.7 Å². The van der Waals surface area contributed by atoms with Crippen LogP contribution in [-0.2, 0) is 18.0 Å². The van der Waals surface area contributed by atoms with Crippen molar-refractivity contribution in [2.75, 3.05) is 19.0 Å². The standard InChI is InChI=1S/C23H23N3O2/c1-27-22-10-6-5-9-20(22)15-24-23-12-11-19-13-14-26(16-21(19)25-23)28-17-18-7-3-2-4-8-18/h2-13,16H,14-15,17H2,1H3,(H,24,25). The van der Waals surface area contributed by atoms with E-state index in [-0.39, 0.29) is 0 Å². The van der Waals surface area contributed by atoms with E-state index in [9.17, 15) is 0 Å². The average molecular weight is 373 g/mol. The number of aromatic nitrogens is 1. The molecule has 1 aromatic heterocycles. The van der Waals surface area contributed by atoms with E-state index in [4.69, 9.17) is 14.6 Å². The lowest BCUT2D eigenvalue weighted by Gasteiger charge is -2.20. The molecule has 0 unspecified atom stereocenters. The van der Waals surface area contributed by atoms with E-state index in [2.05, 4.69) is 29.6 Å². The fourth-order valence-electron chi connectivity index (χ4n) is 3.09. The van der Waals surface area contributed by atoms with Crippen LogP contribution >= 0.6 is 0 Å². The number of rotatable bonds is 7. The quantitative estimate of drug-likeness (QED) is 0.690. The van der Waals surface area contributed by atoms with Gasteiger partial charge in [-0.05, 0) is 29.0 Å². The van der Waals surface area contributed by atoms with Gasteiger partial charge in [0.2, 0.25) is 0 Å². The van der Waals surface area contributed by atoms with Crippen LogP contribution in [0.1, 0.15) is 11.1 Å². The van der Waals surface area contributed by atoms with E-state index < -0.39 is 0 Å². The summed E-state index contributed by atoms with van der Waals surface area (Å²) in [5, 5.41) is 7.21. The summed E-state index contributed by atoms with van der Waals surface area (Å²) >= 11 is 0. The SMILES string of the molecule is COc1ccccc1CNc1ccc2c(n1)=CN(OCc1ccccc1)CC=2. The lowest BCUT2D eigenvalue weighted by Crippen LogP contribution is -2.37. The van der Waals surface area contributed by atoms with Crippen LogP contribution in [0.15, 0.2) is 66.7 Å². The molecule has 5 heteroatoms. The van der Waals surface area contributed by atoms with Crippen LogP contribution in [0.2, 0.25) is 0 Å². The Labute approximate surface area is 164 Å². The lowest BCUT2D eigenvalue weighted by atomic mass is 10.2. The van der Waals surface area contributed by atoms with Gasteiger partial charge in [-0.2, -0.15) is 0 Å². The molecule has 1 aliphatic rings. The molecule has 0 fully saturated rings.